The monoisotopic (exact) mass is 248 g/mol. The molecule has 0 saturated carbocycles. The van der Waals surface area contributed by atoms with Crippen molar-refractivity contribution in [2.24, 2.45) is 0 Å². The van der Waals surface area contributed by atoms with E-state index in [9.17, 15) is 4.79 Å². The smallest absolute Gasteiger partial charge is 0.242 e. The van der Waals surface area contributed by atoms with Crippen LogP contribution in [-0.2, 0) is 17.6 Å². The van der Waals surface area contributed by atoms with Gasteiger partial charge in [-0.2, -0.15) is 0 Å². The molecule has 2 N–H and O–H groups in total. The average Bonchev–Trinajstić information content (AvgIpc) is 2.77. The van der Waals surface area contributed by atoms with Gasteiger partial charge in [0.05, 0.1) is 0 Å². The fourth-order valence-electron chi connectivity index (χ4n) is 2.16. The molecule has 5 nitrogen and oxygen atoms in total. The van der Waals surface area contributed by atoms with Crippen molar-refractivity contribution in [3.05, 3.63) is 17.6 Å². The van der Waals surface area contributed by atoms with Crippen LogP contribution in [0.2, 0.25) is 0 Å². The van der Waals surface area contributed by atoms with Crippen molar-refractivity contribution >= 4 is 11.7 Å². The second-order valence-electron chi connectivity index (χ2n) is 5.03. The van der Waals surface area contributed by atoms with E-state index in [1.807, 2.05) is 20.8 Å². The Bertz CT molecular complexity index is 445. The Kier molecular flexibility index (Phi) is 3.79. The molecular formula is C13H20N4O. The van der Waals surface area contributed by atoms with Crippen molar-refractivity contribution < 1.29 is 4.79 Å². The predicted octanol–water partition coefficient (Wildman–Crippen LogP) is 1.29. The van der Waals surface area contributed by atoms with Gasteiger partial charge in [0.25, 0.3) is 0 Å². The normalized spacial score (nSPS) is 15.3. The molecule has 1 heterocycles. The molecule has 0 aromatic carbocycles. The maximum absolute atomic E-state index is 11.8. The summed E-state index contributed by atoms with van der Waals surface area (Å²) in [5.74, 6) is 0.805. The molecule has 1 atom stereocenters. The number of aryl methyl sites for hydroxylation is 1. The van der Waals surface area contributed by atoms with Crippen molar-refractivity contribution in [1.29, 1.82) is 0 Å². The molecule has 0 aliphatic heterocycles. The molecule has 5 heteroatoms. The van der Waals surface area contributed by atoms with E-state index < -0.39 is 0 Å². The number of carbonyl (C=O) groups is 1. The van der Waals surface area contributed by atoms with Gasteiger partial charge < -0.3 is 10.6 Å². The van der Waals surface area contributed by atoms with E-state index in [1.54, 1.807) is 6.33 Å². The summed E-state index contributed by atoms with van der Waals surface area (Å²) in [6.45, 7) is 5.75. The van der Waals surface area contributed by atoms with Gasteiger partial charge in [-0.05, 0) is 40.0 Å². The summed E-state index contributed by atoms with van der Waals surface area (Å²) < 4.78 is 0. The zero-order valence-electron chi connectivity index (χ0n) is 11.2. The molecule has 0 saturated heterocycles. The van der Waals surface area contributed by atoms with Crippen molar-refractivity contribution in [3.63, 3.8) is 0 Å². The fraction of sp³-hybridized carbons (Fsp3) is 0.615. The summed E-state index contributed by atoms with van der Waals surface area (Å²) in [6.07, 6.45) is 4.70. The lowest BCUT2D eigenvalue weighted by atomic mass is 10.2. The van der Waals surface area contributed by atoms with E-state index in [0.717, 1.165) is 30.8 Å². The van der Waals surface area contributed by atoms with Gasteiger partial charge in [-0.1, -0.05) is 0 Å². The highest BCUT2D eigenvalue weighted by Crippen LogP contribution is 2.25. The molecule has 0 radical (unpaired) electrons. The molecule has 18 heavy (non-hydrogen) atoms. The Hall–Kier alpha value is -1.65. The van der Waals surface area contributed by atoms with Gasteiger partial charge in [-0.15, -0.1) is 0 Å². The summed E-state index contributed by atoms with van der Waals surface area (Å²) in [5.41, 5.74) is 2.28. The summed E-state index contributed by atoms with van der Waals surface area (Å²) in [7, 11) is 0. The van der Waals surface area contributed by atoms with Crippen LogP contribution in [0.4, 0.5) is 5.82 Å². The fourth-order valence-corrected chi connectivity index (χ4v) is 2.16. The van der Waals surface area contributed by atoms with E-state index in [1.165, 1.54) is 5.56 Å². The Morgan fingerprint density at radius 1 is 1.28 bits per heavy atom. The number of nitrogens with one attached hydrogen (secondary N) is 2. The van der Waals surface area contributed by atoms with Crippen LogP contribution in [0, 0.1) is 0 Å². The van der Waals surface area contributed by atoms with Crippen molar-refractivity contribution in [2.75, 3.05) is 5.32 Å². The molecule has 1 aliphatic carbocycles. The van der Waals surface area contributed by atoms with E-state index >= 15 is 0 Å². The van der Waals surface area contributed by atoms with Crippen LogP contribution >= 0.6 is 0 Å². The van der Waals surface area contributed by atoms with Crippen LogP contribution in [-0.4, -0.2) is 28.0 Å². The highest BCUT2D eigenvalue weighted by atomic mass is 16.2. The SMILES string of the molecule is CC(C)NC(=O)C(C)Nc1ncnc2c1CCC2. The van der Waals surface area contributed by atoms with Gasteiger partial charge >= 0.3 is 0 Å². The lowest BCUT2D eigenvalue weighted by Gasteiger charge is -2.17. The number of fused-ring (bicyclic) bond motifs is 1. The first-order valence-electron chi connectivity index (χ1n) is 6.47. The number of hydrogen-bond acceptors (Lipinski definition) is 4. The minimum atomic E-state index is -0.285. The van der Waals surface area contributed by atoms with Gasteiger partial charge in [0.15, 0.2) is 0 Å². The molecule has 0 fully saturated rings. The number of aromatic nitrogens is 2. The van der Waals surface area contributed by atoms with Crippen LogP contribution < -0.4 is 10.6 Å². The second-order valence-corrected chi connectivity index (χ2v) is 5.03. The highest BCUT2D eigenvalue weighted by Gasteiger charge is 2.20. The Labute approximate surface area is 107 Å². The lowest BCUT2D eigenvalue weighted by molar-refractivity contribution is -0.122. The first-order chi connectivity index (χ1) is 8.58. The van der Waals surface area contributed by atoms with Gasteiger partial charge in [0, 0.05) is 17.3 Å². The molecule has 1 amide bonds. The van der Waals surface area contributed by atoms with Crippen LogP contribution in [0.5, 0.6) is 0 Å². The largest absolute Gasteiger partial charge is 0.358 e. The Morgan fingerprint density at radius 3 is 2.78 bits per heavy atom. The van der Waals surface area contributed by atoms with Crippen LogP contribution in [0.1, 0.15) is 38.4 Å². The van der Waals surface area contributed by atoms with Gasteiger partial charge in [-0.3, -0.25) is 4.79 Å². The van der Waals surface area contributed by atoms with Crippen LogP contribution in [0.15, 0.2) is 6.33 Å². The van der Waals surface area contributed by atoms with Crippen LogP contribution in [0.25, 0.3) is 0 Å². The average molecular weight is 248 g/mol. The van der Waals surface area contributed by atoms with Crippen molar-refractivity contribution in [3.8, 4) is 0 Å². The predicted molar refractivity (Wildman–Crippen MR) is 70.4 cm³/mol. The zero-order valence-corrected chi connectivity index (χ0v) is 11.2. The number of rotatable bonds is 4. The third-order valence-electron chi connectivity index (χ3n) is 3.05. The quantitative estimate of drug-likeness (QED) is 0.842. The Morgan fingerprint density at radius 2 is 2.06 bits per heavy atom. The molecule has 1 unspecified atom stereocenters. The second kappa shape index (κ2) is 5.33. The Balaban J connectivity index is 2.06. The van der Waals surface area contributed by atoms with Crippen molar-refractivity contribution in [2.45, 2.75) is 52.1 Å². The first kappa shape index (κ1) is 12.8. The van der Waals surface area contributed by atoms with E-state index in [4.69, 9.17) is 0 Å². The molecule has 0 spiro atoms. The summed E-state index contributed by atoms with van der Waals surface area (Å²) in [6, 6.07) is -0.134. The molecule has 98 valence electrons. The van der Waals surface area contributed by atoms with Crippen molar-refractivity contribution in [1.82, 2.24) is 15.3 Å². The van der Waals surface area contributed by atoms with E-state index in [-0.39, 0.29) is 18.0 Å². The van der Waals surface area contributed by atoms with Crippen LogP contribution in [0.3, 0.4) is 0 Å². The maximum atomic E-state index is 11.8. The number of carbonyl (C=O) groups excluding carboxylic acids is 1. The molecule has 1 aliphatic rings. The summed E-state index contributed by atoms with van der Waals surface area (Å²) in [4.78, 5) is 20.4. The number of nitrogens with zero attached hydrogens (tertiary/aromatic N) is 2. The minimum absolute atomic E-state index is 0.00430. The summed E-state index contributed by atoms with van der Waals surface area (Å²) >= 11 is 0. The number of amides is 1. The van der Waals surface area contributed by atoms with Gasteiger partial charge in [-0.25, -0.2) is 9.97 Å². The third-order valence-corrected chi connectivity index (χ3v) is 3.05. The number of hydrogen-bond donors (Lipinski definition) is 2. The molecule has 1 aromatic rings. The topological polar surface area (TPSA) is 66.9 Å². The third kappa shape index (κ3) is 2.78. The molecule has 2 rings (SSSR count). The van der Waals surface area contributed by atoms with Gasteiger partial charge in [0.2, 0.25) is 5.91 Å². The minimum Gasteiger partial charge on any atom is -0.358 e. The number of anilines is 1. The highest BCUT2D eigenvalue weighted by molar-refractivity contribution is 5.84. The standard InChI is InChI=1S/C13H20N4O/c1-8(2)16-13(18)9(3)17-12-10-5-4-6-11(10)14-7-15-12/h7-9H,4-6H2,1-3H3,(H,16,18)(H,14,15,17). The first-order valence-corrected chi connectivity index (χ1v) is 6.47. The molecular weight excluding hydrogens is 228 g/mol. The van der Waals surface area contributed by atoms with E-state index in [2.05, 4.69) is 20.6 Å². The maximum Gasteiger partial charge on any atom is 0.242 e. The molecule has 0 bridgehead atoms. The van der Waals surface area contributed by atoms with E-state index in [0.29, 0.717) is 0 Å². The van der Waals surface area contributed by atoms with Gasteiger partial charge in [0.1, 0.15) is 18.2 Å². The molecule has 1 aromatic heterocycles. The lowest BCUT2D eigenvalue weighted by Crippen LogP contribution is -2.41. The zero-order chi connectivity index (χ0) is 13.1. The summed E-state index contributed by atoms with van der Waals surface area (Å²) in [5, 5.41) is 6.07.